The molecule has 0 spiro atoms. The van der Waals surface area contributed by atoms with E-state index in [1.165, 1.54) is 11.0 Å². The van der Waals surface area contributed by atoms with E-state index in [0.717, 1.165) is 11.1 Å². The minimum absolute atomic E-state index is 0.0832. The van der Waals surface area contributed by atoms with Crippen LogP contribution in [0.3, 0.4) is 0 Å². The lowest BCUT2D eigenvalue weighted by Crippen LogP contribution is -2.44. The van der Waals surface area contributed by atoms with Gasteiger partial charge < -0.3 is 15.0 Å². The van der Waals surface area contributed by atoms with Crippen molar-refractivity contribution >= 4 is 29.7 Å². The normalized spacial score (nSPS) is 15.9. The van der Waals surface area contributed by atoms with Gasteiger partial charge in [-0.05, 0) is 57.9 Å². The Labute approximate surface area is 201 Å². The number of nitrogens with one attached hydrogen (secondary N) is 1. The lowest BCUT2D eigenvalue weighted by Gasteiger charge is -2.25. The van der Waals surface area contributed by atoms with Gasteiger partial charge >= 0.3 is 6.09 Å². The van der Waals surface area contributed by atoms with Crippen LogP contribution in [0.1, 0.15) is 38.3 Å². The number of carbonyl (C=O) groups excluding carboxylic acids is 3. The average molecular weight is 464 g/mol. The molecule has 0 radical (unpaired) electrons. The van der Waals surface area contributed by atoms with E-state index in [9.17, 15) is 14.4 Å². The molecule has 0 unspecified atom stereocenters. The first kappa shape index (κ1) is 25.0. The topological polar surface area (TPSA) is 79.0 Å². The number of aryl methyl sites for hydroxylation is 1. The van der Waals surface area contributed by atoms with Gasteiger partial charge in [-0.15, -0.1) is 0 Å². The zero-order valence-electron chi connectivity index (χ0n) is 20.3. The first-order chi connectivity index (χ1) is 16.1. The number of carbonyl (C=O) groups is 3. The molecule has 1 aliphatic heterocycles. The van der Waals surface area contributed by atoms with E-state index in [0.29, 0.717) is 25.2 Å². The summed E-state index contributed by atoms with van der Waals surface area (Å²) in [5, 5.41) is 2.83. The van der Waals surface area contributed by atoms with Crippen molar-refractivity contribution in [3.63, 3.8) is 0 Å². The molecule has 0 aromatic heterocycles. The van der Waals surface area contributed by atoms with Gasteiger partial charge in [0.1, 0.15) is 12.1 Å². The molecular formula is C27H33N3O4. The molecule has 180 valence electrons. The van der Waals surface area contributed by atoms with E-state index in [2.05, 4.69) is 5.32 Å². The van der Waals surface area contributed by atoms with Crippen LogP contribution in [0, 0.1) is 6.92 Å². The number of alkyl carbamates (subject to hydrolysis) is 1. The maximum Gasteiger partial charge on any atom is 0.407 e. The molecule has 7 heteroatoms. The quantitative estimate of drug-likeness (QED) is 0.653. The number of ether oxygens (including phenoxy) is 1. The highest BCUT2D eigenvalue weighted by atomic mass is 16.6. The molecule has 3 amide bonds. The predicted molar refractivity (Wildman–Crippen MR) is 133 cm³/mol. The summed E-state index contributed by atoms with van der Waals surface area (Å²) in [5.74, 6) is -0.445. The minimum atomic E-state index is -0.583. The van der Waals surface area contributed by atoms with Crippen molar-refractivity contribution < 1.29 is 19.1 Å². The van der Waals surface area contributed by atoms with Crippen LogP contribution in [-0.4, -0.2) is 54.1 Å². The summed E-state index contributed by atoms with van der Waals surface area (Å²) >= 11 is 0. The second-order valence-corrected chi connectivity index (χ2v) is 9.48. The fourth-order valence-corrected chi connectivity index (χ4v) is 3.66. The molecule has 2 aromatic rings. The number of benzene rings is 2. The van der Waals surface area contributed by atoms with Crippen LogP contribution < -0.4 is 10.2 Å². The molecule has 1 fully saturated rings. The summed E-state index contributed by atoms with van der Waals surface area (Å²) in [4.78, 5) is 41.4. The number of nitrogens with zero attached hydrogens (tertiary/aromatic N) is 2. The van der Waals surface area contributed by atoms with Gasteiger partial charge in [-0.2, -0.15) is 0 Å². The summed E-state index contributed by atoms with van der Waals surface area (Å²) in [6.45, 7) is 8.20. The van der Waals surface area contributed by atoms with Gasteiger partial charge in [0.05, 0.1) is 6.04 Å². The molecule has 1 atom stereocenters. The summed E-state index contributed by atoms with van der Waals surface area (Å²) in [6.07, 6.45) is 3.37. The van der Waals surface area contributed by atoms with E-state index in [-0.39, 0.29) is 24.4 Å². The number of hydrogen-bond acceptors (Lipinski definition) is 4. The van der Waals surface area contributed by atoms with Crippen LogP contribution in [0.2, 0.25) is 0 Å². The summed E-state index contributed by atoms with van der Waals surface area (Å²) in [7, 11) is 0. The zero-order chi connectivity index (χ0) is 24.7. The van der Waals surface area contributed by atoms with Crippen molar-refractivity contribution in [1.29, 1.82) is 0 Å². The third-order valence-corrected chi connectivity index (χ3v) is 5.38. The smallest absolute Gasteiger partial charge is 0.407 e. The third kappa shape index (κ3) is 7.47. The fraction of sp³-hybridized carbons (Fsp3) is 0.370. The van der Waals surface area contributed by atoms with Gasteiger partial charge in [-0.25, -0.2) is 4.79 Å². The Morgan fingerprint density at radius 2 is 1.76 bits per heavy atom. The molecule has 0 aliphatic carbocycles. The Hall–Kier alpha value is -3.61. The molecule has 1 aliphatic rings. The van der Waals surface area contributed by atoms with Gasteiger partial charge in [0, 0.05) is 24.9 Å². The largest absolute Gasteiger partial charge is 0.444 e. The SMILES string of the molecule is Cc1ccc(N(CC(=O)N2CC[C@H](NC(=O)OC(C)(C)C)C2)C(=O)/C=C/c2ccccc2)cc1. The van der Waals surface area contributed by atoms with Crippen molar-refractivity contribution in [3.05, 3.63) is 71.8 Å². The molecule has 1 heterocycles. The standard InChI is InChI=1S/C27H33N3O4/c1-20-10-13-23(14-11-20)30(24(31)15-12-21-8-6-5-7-9-21)19-25(32)29-17-16-22(18-29)28-26(33)34-27(2,3)4/h5-15,22H,16-19H2,1-4H3,(H,28,33)/b15-12+/t22-/m0/s1. The van der Waals surface area contributed by atoms with Crippen molar-refractivity contribution in [2.24, 2.45) is 0 Å². The molecule has 0 saturated carbocycles. The second-order valence-electron chi connectivity index (χ2n) is 9.48. The first-order valence-corrected chi connectivity index (χ1v) is 11.5. The van der Waals surface area contributed by atoms with E-state index in [1.54, 1.807) is 31.7 Å². The van der Waals surface area contributed by atoms with Crippen LogP contribution in [-0.2, 0) is 14.3 Å². The van der Waals surface area contributed by atoms with Crippen molar-refractivity contribution in [2.75, 3.05) is 24.5 Å². The van der Waals surface area contributed by atoms with Gasteiger partial charge in [-0.1, -0.05) is 48.0 Å². The Balaban J connectivity index is 1.67. The van der Waals surface area contributed by atoms with Gasteiger partial charge in [-0.3, -0.25) is 14.5 Å². The molecular weight excluding hydrogens is 430 g/mol. The van der Waals surface area contributed by atoms with Crippen LogP contribution in [0.25, 0.3) is 6.08 Å². The van der Waals surface area contributed by atoms with E-state index in [1.807, 2.05) is 61.5 Å². The lowest BCUT2D eigenvalue weighted by molar-refractivity contribution is -0.130. The highest BCUT2D eigenvalue weighted by molar-refractivity contribution is 6.06. The zero-order valence-corrected chi connectivity index (χ0v) is 20.3. The van der Waals surface area contributed by atoms with Crippen molar-refractivity contribution in [2.45, 2.75) is 45.8 Å². The number of hydrogen-bond donors (Lipinski definition) is 1. The Bertz CT molecular complexity index is 1030. The summed E-state index contributed by atoms with van der Waals surface area (Å²) in [5.41, 5.74) is 2.05. The van der Waals surface area contributed by atoms with E-state index in [4.69, 9.17) is 4.74 Å². The van der Waals surface area contributed by atoms with Crippen molar-refractivity contribution in [3.8, 4) is 0 Å². The Morgan fingerprint density at radius 3 is 2.41 bits per heavy atom. The van der Waals surface area contributed by atoms with Crippen LogP contribution in [0.5, 0.6) is 0 Å². The summed E-state index contributed by atoms with van der Waals surface area (Å²) < 4.78 is 5.31. The molecule has 2 aromatic carbocycles. The lowest BCUT2D eigenvalue weighted by atomic mass is 10.2. The van der Waals surface area contributed by atoms with E-state index < -0.39 is 11.7 Å². The Kier molecular flexibility index (Phi) is 8.10. The summed E-state index contributed by atoms with van der Waals surface area (Å²) in [6, 6.07) is 16.9. The number of likely N-dealkylation sites (tertiary alicyclic amines) is 1. The maximum atomic E-state index is 13.1. The highest BCUT2D eigenvalue weighted by Crippen LogP contribution is 2.18. The molecule has 1 N–H and O–H groups in total. The third-order valence-electron chi connectivity index (χ3n) is 5.38. The maximum absolute atomic E-state index is 13.1. The second kappa shape index (κ2) is 11.0. The molecule has 3 rings (SSSR count). The number of anilines is 1. The first-order valence-electron chi connectivity index (χ1n) is 11.5. The molecule has 1 saturated heterocycles. The number of amides is 3. The molecule has 34 heavy (non-hydrogen) atoms. The van der Waals surface area contributed by atoms with Gasteiger partial charge in [0.25, 0.3) is 5.91 Å². The fourth-order valence-electron chi connectivity index (χ4n) is 3.66. The number of rotatable bonds is 6. The Morgan fingerprint density at radius 1 is 1.09 bits per heavy atom. The molecule has 7 nitrogen and oxygen atoms in total. The van der Waals surface area contributed by atoms with Crippen LogP contribution >= 0.6 is 0 Å². The van der Waals surface area contributed by atoms with Gasteiger partial charge in [0.2, 0.25) is 5.91 Å². The monoisotopic (exact) mass is 463 g/mol. The highest BCUT2D eigenvalue weighted by Gasteiger charge is 2.30. The molecule has 0 bridgehead atoms. The van der Waals surface area contributed by atoms with Gasteiger partial charge in [0.15, 0.2) is 0 Å². The van der Waals surface area contributed by atoms with Crippen LogP contribution in [0.4, 0.5) is 10.5 Å². The van der Waals surface area contributed by atoms with E-state index >= 15 is 0 Å². The average Bonchev–Trinajstić information content (AvgIpc) is 3.24. The predicted octanol–water partition coefficient (Wildman–Crippen LogP) is 4.17. The minimum Gasteiger partial charge on any atom is -0.444 e. The van der Waals surface area contributed by atoms with Crippen molar-refractivity contribution in [1.82, 2.24) is 10.2 Å². The van der Waals surface area contributed by atoms with Crippen LogP contribution in [0.15, 0.2) is 60.7 Å².